The third-order valence-electron chi connectivity index (χ3n) is 3.55. The molecule has 0 amide bonds. The second-order valence-electron chi connectivity index (χ2n) is 5.17. The quantitative estimate of drug-likeness (QED) is 0.851. The van der Waals surface area contributed by atoms with Crippen LogP contribution in [0.1, 0.15) is 24.5 Å². The Hall–Kier alpha value is -1.19. The topological polar surface area (TPSA) is 20.2 Å². The zero-order valence-corrected chi connectivity index (χ0v) is 13.0. The van der Waals surface area contributed by atoms with E-state index in [4.69, 9.17) is 0 Å². The molecule has 0 aliphatic rings. The number of rotatable bonds is 5. The highest BCUT2D eigenvalue weighted by Gasteiger charge is 2.25. The lowest BCUT2D eigenvalue weighted by atomic mass is 9.86. The summed E-state index contributed by atoms with van der Waals surface area (Å²) in [7, 11) is 0. The average Bonchev–Trinajstić information content (AvgIpc) is 2.44. The Morgan fingerprint density at radius 1 is 1.05 bits per heavy atom. The molecule has 1 nitrogen and oxygen atoms in total. The van der Waals surface area contributed by atoms with E-state index in [0.29, 0.717) is 23.7 Å². The van der Waals surface area contributed by atoms with E-state index in [1.165, 1.54) is 6.07 Å². The molecule has 1 N–H and O–H groups in total. The molecule has 0 fully saturated rings. The molecule has 0 saturated heterocycles. The van der Waals surface area contributed by atoms with Crippen molar-refractivity contribution in [3.05, 3.63) is 69.9 Å². The van der Waals surface area contributed by atoms with Crippen LogP contribution < -0.4 is 0 Å². The number of benzene rings is 2. The molecule has 0 bridgehead atoms. The Balaban J connectivity index is 2.16. The van der Waals surface area contributed by atoms with E-state index >= 15 is 0 Å². The fourth-order valence-electron chi connectivity index (χ4n) is 2.32. The van der Waals surface area contributed by atoms with Crippen molar-refractivity contribution in [3.8, 4) is 0 Å². The summed E-state index contributed by atoms with van der Waals surface area (Å²) >= 11 is 3.19. The van der Waals surface area contributed by atoms with Crippen LogP contribution in [0.3, 0.4) is 0 Å². The summed E-state index contributed by atoms with van der Waals surface area (Å²) in [5, 5.41) is 10.8. The Morgan fingerprint density at radius 2 is 1.70 bits per heavy atom. The molecule has 2 aromatic rings. The molecule has 0 spiro atoms. The predicted molar refractivity (Wildman–Crippen MR) is 83.2 cm³/mol. The van der Waals surface area contributed by atoms with Crippen LogP contribution in [-0.4, -0.2) is 10.7 Å². The van der Waals surface area contributed by atoms with E-state index in [1.807, 2.05) is 37.3 Å². The van der Waals surface area contributed by atoms with Gasteiger partial charge in [-0.25, -0.2) is 4.39 Å². The lowest BCUT2D eigenvalue weighted by molar-refractivity contribution is 0.0368. The van der Waals surface area contributed by atoms with E-state index in [-0.39, 0.29) is 5.82 Å². The zero-order chi connectivity index (χ0) is 14.6. The van der Waals surface area contributed by atoms with Crippen molar-refractivity contribution in [3.63, 3.8) is 0 Å². The SMILES string of the molecule is CCC(O)(Cc1ccccc1)Cc1ccc(F)c(Br)c1. The van der Waals surface area contributed by atoms with Gasteiger partial charge in [0, 0.05) is 12.8 Å². The van der Waals surface area contributed by atoms with E-state index in [2.05, 4.69) is 15.9 Å². The minimum atomic E-state index is -0.807. The first-order valence-electron chi connectivity index (χ1n) is 6.73. The van der Waals surface area contributed by atoms with Gasteiger partial charge < -0.3 is 5.11 Å². The largest absolute Gasteiger partial charge is 0.389 e. The number of hydrogen-bond acceptors (Lipinski definition) is 1. The molecule has 0 radical (unpaired) electrons. The minimum Gasteiger partial charge on any atom is -0.389 e. The number of hydrogen-bond donors (Lipinski definition) is 1. The summed E-state index contributed by atoms with van der Waals surface area (Å²) in [6.07, 6.45) is 1.76. The molecule has 0 aliphatic carbocycles. The standard InChI is InChI=1S/C17H18BrFO/c1-2-17(20,11-13-6-4-3-5-7-13)12-14-8-9-16(19)15(18)10-14/h3-10,20H,2,11-12H2,1H3. The van der Waals surface area contributed by atoms with Crippen molar-refractivity contribution in [2.24, 2.45) is 0 Å². The van der Waals surface area contributed by atoms with Crippen molar-refractivity contribution in [2.75, 3.05) is 0 Å². The van der Waals surface area contributed by atoms with Gasteiger partial charge in [0.15, 0.2) is 0 Å². The van der Waals surface area contributed by atoms with Gasteiger partial charge in [0.05, 0.1) is 10.1 Å². The van der Waals surface area contributed by atoms with Gasteiger partial charge in [-0.05, 0) is 45.6 Å². The summed E-state index contributed by atoms with van der Waals surface area (Å²) in [5.74, 6) is -0.281. The second kappa shape index (κ2) is 6.51. The van der Waals surface area contributed by atoms with Gasteiger partial charge >= 0.3 is 0 Å². The lowest BCUT2D eigenvalue weighted by Crippen LogP contribution is -2.33. The van der Waals surface area contributed by atoms with Crippen molar-refractivity contribution in [1.82, 2.24) is 0 Å². The van der Waals surface area contributed by atoms with Gasteiger partial charge in [0.1, 0.15) is 5.82 Å². The van der Waals surface area contributed by atoms with Crippen molar-refractivity contribution in [1.29, 1.82) is 0 Å². The highest BCUT2D eigenvalue weighted by molar-refractivity contribution is 9.10. The molecule has 3 heteroatoms. The van der Waals surface area contributed by atoms with Crippen molar-refractivity contribution >= 4 is 15.9 Å². The summed E-state index contributed by atoms with van der Waals surface area (Å²) in [6, 6.07) is 14.8. The van der Waals surface area contributed by atoms with E-state index in [0.717, 1.165) is 11.1 Å². The molecule has 106 valence electrons. The van der Waals surface area contributed by atoms with Crippen LogP contribution in [0, 0.1) is 5.82 Å². The van der Waals surface area contributed by atoms with Crippen LogP contribution in [0.25, 0.3) is 0 Å². The van der Waals surface area contributed by atoms with E-state index in [9.17, 15) is 9.50 Å². The summed E-state index contributed by atoms with van der Waals surface area (Å²) < 4.78 is 13.7. The molecular weight excluding hydrogens is 319 g/mol. The number of aliphatic hydroxyl groups is 1. The van der Waals surface area contributed by atoms with Gasteiger partial charge in [-0.1, -0.05) is 43.3 Å². The smallest absolute Gasteiger partial charge is 0.137 e. The molecule has 0 heterocycles. The zero-order valence-electron chi connectivity index (χ0n) is 11.4. The first-order chi connectivity index (χ1) is 9.52. The van der Waals surface area contributed by atoms with Crippen LogP contribution >= 0.6 is 15.9 Å². The van der Waals surface area contributed by atoms with E-state index in [1.54, 1.807) is 12.1 Å². The fraction of sp³-hybridized carbons (Fsp3) is 0.294. The predicted octanol–water partition coefficient (Wildman–Crippen LogP) is 4.51. The van der Waals surface area contributed by atoms with Crippen molar-refractivity contribution in [2.45, 2.75) is 31.8 Å². The van der Waals surface area contributed by atoms with Crippen LogP contribution in [0.5, 0.6) is 0 Å². The molecule has 0 saturated carbocycles. The third-order valence-corrected chi connectivity index (χ3v) is 4.16. The van der Waals surface area contributed by atoms with Gasteiger partial charge in [-0.2, -0.15) is 0 Å². The first-order valence-corrected chi connectivity index (χ1v) is 7.52. The molecule has 20 heavy (non-hydrogen) atoms. The second-order valence-corrected chi connectivity index (χ2v) is 6.02. The Bertz CT molecular complexity index is 570. The lowest BCUT2D eigenvalue weighted by Gasteiger charge is -2.27. The normalized spacial score (nSPS) is 14.0. The summed E-state index contributed by atoms with van der Waals surface area (Å²) in [5.41, 5.74) is 1.23. The van der Waals surface area contributed by atoms with Gasteiger partial charge in [-0.3, -0.25) is 0 Å². The summed E-state index contributed by atoms with van der Waals surface area (Å²) in [4.78, 5) is 0. The maximum Gasteiger partial charge on any atom is 0.137 e. The average molecular weight is 337 g/mol. The van der Waals surface area contributed by atoms with E-state index < -0.39 is 5.60 Å². The molecule has 0 aromatic heterocycles. The monoisotopic (exact) mass is 336 g/mol. The van der Waals surface area contributed by atoms with Gasteiger partial charge in [-0.15, -0.1) is 0 Å². The molecule has 2 aromatic carbocycles. The maximum absolute atomic E-state index is 13.3. The molecule has 2 rings (SSSR count). The molecule has 1 unspecified atom stereocenters. The Labute approximate surface area is 127 Å². The molecule has 0 aliphatic heterocycles. The first kappa shape index (κ1) is 15.2. The van der Waals surface area contributed by atoms with Crippen LogP contribution in [0.15, 0.2) is 53.0 Å². The van der Waals surface area contributed by atoms with Crippen LogP contribution in [0.4, 0.5) is 4.39 Å². The molecular formula is C17H18BrFO. The van der Waals surface area contributed by atoms with Crippen LogP contribution in [-0.2, 0) is 12.8 Å². The number of halogens is 2. The summed E-state index contributed by atoms with van der Waals surface area (Å²) in [6.45, 7) is 1.97. The highest BCUT2D eigenvalue weighted by Crippen LogP contribution is 2.25. The maximum atomic E-state index is 13.3. The Morgan fingerprint density at radius 3 is 2.30 bits per heavy atom. The van der Waals surface area contributed by atoms with Crippen molar-refractivity contribution < 1.29 is 9.50 Å². The van der Waals surface area contributed by atoms with Crippen LogP contribution in [0.2, 0.25) is 0 Å². The third kappa shape index (κ3) is 3.90. The molecule has 1 atom stereocenters. The van der Waals surface area contributed by atoms with Gasteiger partial charge in [0.2, 0.25) is 0 Å². The fourth-order valence-corrected chi connectivity index (χ4v) is 2.74. The minimum absolute atomic E-state index is 0.281. The highest BCUT2D eigenvalue weighted by atomic mass is 79.9. The van der Waals surface area contributed by atoms with Gasteiger partial charge in [0.25, 0.3) is 0 Å². The Kier molecular flexibility index (Phi) is 4.95.